The monoisotopic (exact) mass is 261 g/mol. The number of benzene rings is 1. The van der Waals surface area contributed by atoms with Crippen LogP contribution in [0.5, 0.6) is 0 Å². The Balaban J connectivity index is 1.75. The molecule has 1 aliphatic rings. The first-order valence-corrected chi connectivity index (χ1v) is 7.51. The fourth-order valence-corrected chi connectivity index (χ4v) is 2.63. The summed E-state index contributed by atoms with van der Waals surface area (Å²) in [6.07, 6.45) is 4.97. The maximum absolute atomic E-state index is 5.93. The molecule has 0 saturated heterocycles. The third-order valence-electron chi connectivity index (χ3n) is 3.64. The lowest BCUT2D eigenvalue weighted by atomic mass is 9.94. The smallest absolute Gasteiger partial charge is 0.0827 e. The number of hydrogen-bond acceptors (Lipinski definition) is 2. The second kappa shape index (κ2) is 6.53. The van der Waals surface area contributed by atoms with Crippen LogP contribution in [0.25, 0.3) is 0 Å². The molecule has 0 aliphatic carbocycles. The normalized spacial score (nSPS) is 19.2. The van der Waals surface area contributed by atoms with Gasteiger partial charge in [0.15, 0.2) is 0 Å². The van der Waals surface area contributed by atoms with Gasteiger partial charge >= 0.3 is 0 Å². The van der Waals surface area contributed by atoms with Crippen LogP contribution in [0.3, 0.4) is 0 Å². The van der Waals surface area contributed by atoms with E-state index in [1.54, 1.807) is 0 Å². The maximum Gasteiger partial charge on any atom is 0.0827 e. The molecule has 2 heteroatoms. The second-order valence-corrected chi connectivity index (χ2v) is 6.48. The Morgan fingerprint density at radius 1 is 1.21 bits per heavy atom. The van der Waals surface area contributed by atoms with E-state index in [-0.39, 0.29) is 5.54 Å². The average Bonchev–Trinajstić information content (AvgIpc) is 2.37. The van der Waals surface area contributed by atoms with Gasteiger partial charge in [0.2, 0.25) is 0 Å². The van der Waals surface area contributed by atoms with E-state index in [4.69, 9.17) is 4.74 Å². The van der Waals surface area contributed by atoms with Crippen molar-refractivity contribution in [2.75, 3.05) is 13.2 Å². The zero-order valence-electron chi connectivity index (χ0n) is 12.5. The van der Waals surface area contributed by atoms with Gasteiger partial charge in [-0.2, -0.15) is 0 Å². The van der Waals surface area contributed by atoms with Gasteiger partial charge in [-0.3, -0.25) is 0 Å². The molecule has 1 aromatic carbocycles. The summed E-state index contributed by atoms with van der Waals surface area (Å²) in [5.41, 5.74) is 3.12. The molecule has 2 rings (SSSR count). The summed E-state index contributed by atoms with van der Waals surface area (Å²) < 4.78 is 5.93. The van der Waals surface area contributed by atoms with Crippen molar-refractivity contribution in [3.05, 3.63) is 35.4 Å². The minimum absolute atomic E-state index is 0.230. The highest BCUT2D eigenvalue weighted by atomic mass is 16.5. The van der Waals surface area contributed by atoms with Crippen molar-refractivity contribution < 1.29 is 4.74 Å². The van der Waals surface area contributed by atoms with Crippen molar-refractivity contribution in [3.63, 3.8) is 0 Å². The van der Waals surface area contributed by atoms with Crippen LogP contribution in [0, 0.1) is 0 Å². The van der Waals surface area contributed by atoms with Crippen LogP contribution < -0.4 is 5.32 Å². The van der Waals surface area contributed by atoms with E-state index in [1.807, 2.05) is 0 Å². The van der Waals surface area contributed by atoms with Gasteiger partial charge in [-0.25, -0.2) is 0 Å². The van der Waals surface area contributed by atoms with Crippen LogP contribution in [0.1, 0.15) is 57.3 Å². The first kappa shape index (κ1) is 14.5. The lowest BCUT2D eigenvalue weighted by Crippen LogP contribution is -2.36. The van der Waals surface area contributed by atoms with E-state index >= 15 is 0 Å². The summed E-state index contributed by atoms with van der Waals surface area (Å²) in [6, 6.07) is 8.73. The predicted molar refractivity (Wildman–Crippen MR) is 80.4 cm³/mol. The van der Waals surface area contributed by atoms with Gasteiger partial charge in [0.05, 0.1) is 12.7 Å². The van der Waals surface area contributed by atoms with Crippen molar-refractivity contribution >= 4 is 0 Å². The summed E-state index contributed by atoms with van der Waals surface area (Å²) in [4.78, 5) is 0. The minimum Gasteiger partial charge on any atom is -0.373 e. The molecule has 106 valence electrons. The van der Waals surface area contributed by atoms with Crippen LogP contribution in [-0.4, -0.2) is 18.7 Å². The fraction of sp³-hybridized carbons (Fsp3) is 0.647. The molecule has 1 atom stereocenters. The average molecular weight is 261 g/mol. The van der Waals surface area contributed by atoms with E-state index in [2.05, 4.69) is 50.4 Å². The standard InChI is InChI=1S/C17H27NO/c1-17(2,3)18-12-7-6-10-16-15-9-5-4-8-14(15)11-13-19-16/h4-5,8-9,16,18H,6-7,10-13H2,1-3H3. The molecule has 19 heavy (non-hydrogen) atoms. The van der Waals surface area contributed by atoms with E-state index < -0.39 is 0 Å². The van der Waals surface area contributed by atoms with Crippen molar-refractivity contribution in [1.82, 2.24) is 5.32 Å². The Morgan fingerprint density at radius 3 is 2.79 bits per heavy atom. The maximum atomic E-state index is 5.93. The predicted octanol–water partition coefficient (Wildman–Crippen LogP) is 3.86. The van der Waals surface area contributed by atoms with E-state index in [0.29, 0.717) is 6.10 Å². The van der Waals surface area contributed by atoms with Crippen LogP contribution >= 0.6 is 0 Å². The molecule has 0 saturated carbocycles. The van der Waals surface area contributed by atoms with Gasteiger partial charge in [0, 0.05) is 5.54 Å². The molecule has 0 aromatic heterocycles. The van der Waals surface area contributed by atoms with Crippen molar-refractivity contribution in [2.45, 2.75) is 58.1 Å². The molecule has 0 fully saturated rings. The van der Waals surface area contributed by atoms with Gasteiger partial charge in [-0.1, -0.05) is 24.3 Å². The van der Waals surface area contributed by atoms with Gasteiger partial charge in [0.1, 0.15) is 0 Å². The molecule has 0 bridgehead atoms. The highest BCUT2D eigenvalue weighted by Crippen LogP contribution is 2.30. The molecule has 0 spiro atoms. The van der Waals surface area contributed by atoms with E-state index in [9.17, 15) is 0 Å². The zero-order chi connectivity index (χ0) is 13.7. The number of nitrogens with one attached hydrogen (secondary N) is 1. The molecule has 1 aliphatic heterocycles. The summed E-state index contributed by atoms with van der Waals surface area (Å²) in [6.45, 7) is 8.62. The van der Waals surface area contributed by atoms with E-state index in [1.165, 1.54) is 24.0 Å². The lowest BCUT2D eigenvalue weighted by Gasteiger charge is -2.26. The summed E-state index contributed by atoms with van der Waals surface area (Å²) in [7, 11) is 0. The zero-order valence-corrected chi connectivity index (χ0v) is 12.5. The Labute approximate surface area is 117 Å². The third-order valence-corrected chi connectivity index (χ3v) is 3.64. The first-order valence-electron chi connectivity index (χ1n) is 7.51. The Hall–Kier alpha value is -0.860. The van der Waals surface area contributed by atoms with Crippen LogP contribution in [0.4, 0.5) is 0 Å². The molecule has 1 heterocycles. The second-order valence-electron chi connectivity index (χ2n) is 6.48. The lowest BCUT2D eigenvalue weighted by molar-refractivity contribution is 0.0348. The summed E-state index contributed by atoms with van der Waals surface area (Å²) >= 11 is 0. The molecule has 1 unspecified atom stereocenters. The van der Waals surface area contributed by atoms with Crippen molar-refractivity contribution in [2.24, 2.45) is 0 Å². The Bertz CT molecular complexity index is 394. The molecule has 0 amide bonds. The van der Waals surface area contributed by atoms with Gasteiger partial charge in [0.25, 0.3) is 0 Å². The topological polar surface area (TPSA) is 21.3 Å². The number of ether oxygens (including phenoxy) is 1. The highest BCUT2D eigenvalue weighted by Gasteiger charge is 2.19. The number of fused-ring (bicyclic) bond motifs is 1. The van der Waals surface area contributed by atoms with Crippen LogP contribution in [0.15, 0.2) is 24.3 Å². The molecular formula is C17H27NO. The third kappa shape index (κ3) is 4.63. The quantitative estimate of drug-likeness (QED) is 0.813. The van der Waals surface area contributed by atoms with E-state index in [0.717, 1.165) is 26.0 Å². The highest BCUT2D eigenvalue weighted by molar-refractivity contribution is 5.30. The molecule has 1 N–H and O–H groups in total. The Morgan fingerprint density at radius 2 is 2.00 bits per heavy atom. The number of hydrogen-bond donors (Lipinski definition) is 1. The van der Waals surface area contributed by atoms with Crippen LogP contribution in [-0.2, 0) is 11.2 Å². The van der Waals surface area contributed by atoms with Gasteiger partial charge < -0.3 is 10.1 Å². The van der Waals surface area contributed by atoms with Gasteiger partial charge in [-0.15, -0.1) is 0 Å². The molecule has 2 nitrogen and oxygen atoms in total. The number of unbranched alkanes of at least 4 members (excludes halogenated alkanes) is 1. The summed E-state index contributed by atoms with van der Waals surface area (Å²) in [5, 5.41) is 3.54. The van der Waals surface area contributed by atoms with Gasteiger partial charge in [-0.05, 0) is 64.1 Å². The fourth-order valence-electron chi connectivity index (χ4n) is 2.63. The SMILES string of the molecule is CC(C)(C)NCCCCC1OCCc2ccccc21. The van der Waals surface area contributed by atoms with Crippen molar-refractivity contribution in [3.8, 4) is 0 Å². The van der Waals surface area contributed by atoms with Crippen molar-refractivity contribution in [1.29, 1.82) is 0 Å². The van der Waals surface area contributed by atoms with Crippen LogP contribution in [0.2, 0.25) is 0 Å². The Kier molecular flexibility index (Phi) is 5.00. The first-order chi connectivity index (χ1) is 9.06. The molecular weight excluding hydrogens is 234 g/mol. The summed E-state index contributed by atoms with van der Waals surface area (Å²) in [5.74, 6) is 0. The molecule has 0 radical (unpaired) electrons. The molecule has 1 aromatic rings. The minimum atomic E-state index is 0.230. The largest absolute Gasteiger partial charge is 0.373 e. The number of rotatable bonds is 5.